The number of nitrogens with one attached hydrogen (secondary N) is 1. The molecule has 1 amide bonds. The van der Waals surface area contributed by atoms with E-state index >= 15 is 0 Å². The Morgan fingerprint density at radius 3 is 1.80 bits per heavy atom. The van der Waals surface area contributed by atoms with Gasteiger partial charge in [0.2, 0.25) is 11.3 Å². The van der Waals surface area contributed by atoms with Crippen molar-refractivity contribution in [2.24, 2.45) is 5.41 Å². The highest BCUT2D eigenvalue weighted by Gasteiger charge is 2.74. The molecular formula is C12H17F6NO. The van der Waals surface area contributed by atoms with Gasteiger partial charge in [-0.2, -0.15) is 26.3 Å². The summed E-state index contributed by atoms with van der Waals surface area (Å²) in [6.07, 6.45) is -9.59. The minimum atomic E-state index is -5.67. The maximum absolute atomic E-state index is 12.9. The second-order valence-electron chi connectivity index (χ2n) is 5.06. The van der Waals surface area contributed by atoms with E-state index in [0.717, 1.165) is 13.3 Å². The third-order valence-corrected chi connectivity index (χ3v) is 3.83. The first kappa shape index (κ1) is 17.1. The third-order valence-electron chi connectivity index (χ3n) is 3.83. The van der Waals surface area contributed by atoms with Crippen molar-refractivity contribution in [2.45, 2.75) is 63.8 Å². The van der Waals surface area contributed by atoms with Crippen LogP contribution < -0.4 is 5.32 Å². The Bertz CT molecular complexity index is 329. The molecule has 1 aliphatic carbocycles. The van der Waals surface area contributed by atoms with Gasteiger partial charge in [-0.15, -0.1) is 0 Å². The molecule has 8 heteroatoms. The van der Waals surface area contributed by atoms with E-state index in [1.54, 1.807) is 0 Å². The molecule has 20 heavy (non-hydrogen) atoms. The molecule has 1 N–H and O–H groups in total. The predicted molar refractivity (Wildman–Crippen MR) is 59.8 cm³/mol. The highest BCUT2D eigenvalue weighted by atomic mass is 19.4. The highest BCUT2D eigenvalue weighted by molar-refractivity contribution is 5.84. The first-order valence-electron chi connectivity index (χ1n) is 6.50. The number of alkyl halides is 6. The van der Waals surface area contributed by atoms with Gasteiger partial charge in [-0.25, -0.2) is 0 Å². The fourth-order valence-electron chi connectivity index (χ4n) is 2.54. The summed E-state index contributed by atoms with van der Waals surface area (Å²) in [5, 5.41) is 1.94. The van der Waals surface area contributed by atoms with Crippen LogP contribution in [0.15, 0.2) is 0 Å². The van der Waals surface area contributed by atoms with Crippen LogP contribution in [0.5, 0.6) is 0 Å². The van der Waals surface area contributed by atoms with Crippen LogP contribution in [-0.2, 0) is 4.79 Å². The highest BCUT2D eigenvalue weighted by Crippen LogP contribution is 2.52. The molecule has 2 nitrogen and oxygen atoms in total. The van der Waals surface area contributed by atoms with Gasteiger partial charge in [-0.1, -0.05) is 26.2 Å². The monoisotopic (exact) mass is 305 g/mol. The number of hydrogen-bond donors (Lipinski definition) is 1. The van der Waals surface area contributed by atoms with E-state index in [-0.39, 0.29) is 0 Å². The van der Waals surface area contributed by atoms with Crippen molar-refractivity contribution in [3.63, 3.8) is 0 Å². The normalized spacial score (nSPS) is 18.9. The van der Waals surface area contributed by atoms with E-state index in [1.165, 1.54) is 0 Å². The van der Waals surface area contributed by atoms with Crippen LogP contribution in [0.4, 0.5) is 26.3 Å². The van der Waals surface area contributed by atoms with Gasteiger partial charge in [-0.3, -0.25) is 4.79 Å². The molecule has 1 aliphatic rings. The van der Waals surface area contributed by atoms with Crippen LogP contribution in [-0.4, -0.2) is 24.3 Å². The van der Waals surface area contributed by atoms with Crippen LogP contribution >= 0.6 is 0 Å². The summed E-state index contributed by atoms with van der Waals surface area (Å²) in [5.74, 6) is -1.98. The number of hydrogen-bond acceptors (Lipinski definition) is 1. The SMILES string of the molecule is CCC(C(=O)NC1CCCCC1)(C(F)(F)F)C(F)(F)F. The van der Waals surface area contributed by atoms with Gasteiger partial charge in [-0.05, 0) is 19.3 Å². The van der Waals surface area contributed by atoms with Crippen molar-refractivity contribution >= 4 is 5.91 Å². The molecule has 1 rings (SSSR count). The van der Waals surface area contributed by atoms with E-state index in [4.69, 9.17) is 0 Å². The van der Waals surface area contributed by atoms with Crippen molar-refractivity contribution < 1.29 is 31.1 Å². The number of amides is 1. The lowest BCUT2D eigenvalue weighted by atomic mass is 9.81. The molecule has 1 fully saturated rings. The van der Waals surface area contributed by atoms with Crippen molar-refractivity contribution in [1.82, 2.24) is 5.32 Å². The average Bonchev–Trinajstić information content (AvgIpc) is 2.27. The molecule has 1 saturated carbocycles. The number of carbonyl (C=O) groups is 1. The molecule has 0 spiro atoms. The molecule has 0 aromatic heterocycles. The Hall–Kier alpha value is -0.950. The zero-order valence-corrected chi connectivity index (χ0v) is 11.0. The van der Waals surface area contributed by atoms with E-state index in [1.807, 2.05) is 5.32 Å². The van der Waals surface area contributed by atoms with Crippen molar-refractivity contribution in [3.8, 4) is 0 Å². The van der Waals surface area contributed by atoms with Gasteiger partial charge in [0.05, 0.1) is 0 Å². The Labute approximate surface area is 112 Å². The maximum Gasteiger partial charge on any atom is 0.412 e. The van der Waals surface area contributed by atoms with Crippen molar-refractivity contribution in [2.75, 3.05) is 0 Å². The molecule has 0 unspecified atom stereocenters. The lowest BCUT2D eigenvalue weighted by Crippen LogP contribution is -2.60. The standard InChI is InChI=1S/C12H17F6NO/c1-2-10(11(13,14)15,12(16,17)18)9(20)19-8-6-4-3-5-7-8/h8H,2-7H2,1H3,(H,19,20). The number of carbonyl (C=O) groups excluding carboxylic acids is 1. The average molecular weight is 305 g/mol. The van der Waals surface area contributed by atoms with Crippen LogP contribution in [0.1, 0.15) is 45.4 Å². The van der Waals surface area contributed by atoms with Gasteiger partial charge < -0.3 is 5.32 Å². The molecule has 0 atom stereocenters. The first-order valence-corrected chi connectivity index (χ1v) is 6.50. The van der Waals surface area contributed by atoms with Gasteiger partial charge >= 0.3 is 12.4 Å². The first-order chi connectivity index (χ1) is 9.06. The molecule has 0 aromatic rings. The molecule has 0 bridgehead atoms. The van der Waals surface area contributed by atoms with E-state index in [9.17, 15) is 31.1 Å². The minimum Gasteiger partial charge on any atom is -0.352 e. The summed E-state index contributed by atoms with van der Waals surface area (Å²) in [6.45, 7) is 0.724. The Kier molecular flexibility index (Phi) is 4.97. The summed E-state index contributed by atoms with van der Waals surface area (Å²) >= 11 is 0. The molecule has 118 valence electrons. The maximum atomic E-state index is 12.9. The Balaban J connectivity index is 3.01. The zero-order valence-electron chi connectivity index (χ0n) is 11.0. The quantitative estimate of drug-likeness (QED) is 0.786. The summed E-state index contributed by atoms with van der Waals surface area (Å²) in [6, 6.07) is -0.605. The van der Waals surface area contributed by atoms with Gasteiger partial charge in [0.25, 0.3) is 0 Å². The summed E-state index contributed by atoms with van der Waals surface area (Å²) < 4.78 is 77.4. The van der Waals surface area contributed by atoms with Gasteiger partial charge in [0.1, 0.15) is 0 Å². The smallest absolute Gasteiger partial charge is 0.352 e. The van der Waals surface area contributed by atoms with Crippen LogP contribution in [0.3, 0.4) is 0 Å². The Morgan fingerprint density at radius 1 is 1.00 bits per heavy atom. The minimum absolute atomic E-state index is 0.418. The fraction of sp³-hybridized carbons (Fsp3) is 0.917. The Morgan fingerprint density at radius 2 is 1.45 bits per heavy atom. The third kappa shape index (κ3) is 3.03. The van der Waals surface area contributed by atoms with Crippen LogP contribution in [0.25, 0.3) is 0 Å². The fourth-order valence-corrected chi connectivity index (χ4v) is 2.54. The van der Waals surface area contributed by atoms with Crippen LogP contribution in [0, 0.1) is 5.41 Å². The summed E-state index contributed by atoms with van der Waals surface area (Å²) in [7, 11) is 0. The van der Waals surface area contributed by atoms with Crippen LogP contribution in [0.2, 0.25) is 0 Å². The van der Waals surface area contributed by atoms with Gasteiger partial charge in [0, 0.05) is 6.04 Å². The lowest BCUT2D eigenvalue weighted by molar-refractivity contribution is -0.326. The molecule has 0 aromatic carbocycles. The van der Waals surface area contributed by atoms with E-state index in [2.05, 4.69) is 0 Å². The molecule has 0 aliphatic heterocycles. The second kappa shape index (κ2) is 5.81. The molecular weight excluding hydrogens is 288 g/mol. The second-order valence-corrected chi connectivity index (χ2v) is 5.06. The topological polar surface area (TPSA) is 29.1 Å². The van der Waals surface area contributed by atoms with Crippen molar-refractivity contribution in [3.05, 3.63) is 0 Å². The predicted octanol–water partition coefficient (Wildman–Crippen LogP) is 3.96. The lowest BCUT2D eigenvalue weighted by Gasteiger charge is -2.36. The molecule has 0 heterocycles. The summed E-state index contributed by atoms with van der Waals surface area (Å²) in [5.41, 5.74) is -4.32. The molecule has 0 radical (unpaired) electrons. The molecule has 0 saturated heterocycles. The largest absolute Gasteiger partial charge is 0.412 e. The van der Waals surface area contributed by atoms with E-state index in [0.29, 0.717) is 25.7 Å². The summed E-state index contributed by atoms with van der Waals surface area (Å²) in [4.78, 5) is 11.7. The van der Waals surface area contributed by atoms with Crippen molar-refractivity contribution in [1.29, 1.82) is 0 Å². The van der Waals surface area contributed by atoms with Gasteiger partial charge in [0.15, 0.2) is 0 Å². The number of halogens is 6. The number of rotatable bonds is 3. The van der Waals surface area contributed by atoms with E-state index < -0.39 is 36.1 Å². The zero-order chi connectivity index (χ0) is 15.6.